The molecule has 1 aliphatic carbocycles. The lowest BCUT2D eigenvalue weighted by atomic mass is 9.73. The van der Waals surface area contributed by atoms with Crippen LogP contribution in [0.25, 0.3) is 0 Å². The molecule has 88 valence electrons. The van der Waals surface area contributed by atoms with E-state index in [1.165, 1.54) is 58.2 Å². The van der Waals surface area contributed by atoms with Crippen LogP contribution in [0.1, 0.15) is 52.4 Å². The van der Waals surface area contributed by atoms with Gasteiger partial charge < -0.3 is 5.32 Å². The molecule has 0 radical (unpaired) electrons. The van der Waals surface area contributed by atoms with Gasteiger partial charge in [0.1, 0.15) is 0 Å². The molecular weight excluding hydrogens is 184 g/mol. The third-order valence-corrected chi connectivity index (χ3v) is 4.54. The SMILES string of the molecule is CCC1(N2CCCNC(C)CC2)CCC1. The smallest absolute Gasteiger partial charge is 0.0207 e. The van der Waals surface area contributed by atoms with Crippen LogP contribution in [0, 0.1) is 0 Å². The Kier molecular flexibility index (Phi) is 3.68. The molecular formula is C13H26N2. The van der Waals surface area contributed by atoms with Crippen LogP contribution < -0.4 is 5.32 Å². The zero-order valence-electron chi connectivity index (χ0n) is 10.4. The van der Waals surface area contributed by atoms with E-state index < -0.39 is 0 Å². The highest BCUT2D eigenvalue weighted by Gasteiger charge is 2.40. The van der Waals surface area contributed by atoms with E-state index in [4.69, 9.17) is 0 Å². The molecule has 2 nitrogen and oxygen atoms in total. The highest BCUT2D eigenvalue weighted by molar-refractivity contribution is 4.97. The Morgan fingerprint density at radius 3 is 2.67 bits per heavy atom. The van der Waals surface area contributed by atoms with Gasteiger partial charge in [0.15, 0.2) is 0 Å². The third kappa shape index (κ3) is 2.36. The Balaban J connectivity index is 1.94. The van der Waals surface area contributed by atoms with Crippen molar-refractivity contribution in [1.82, 2.24) is 10.2 Å². The summed E-state index contributed by atoms with van der Waals surface area (Å²) in [5.41, 5.74) is 0.608. The van der Waals surface area contributed by atoms with Gasteiger partial charge in [0.25, 0.3) is 0 Å². The van der Waals surface area contributed by atoms with Crippen molar-refractivity contribution in [2.45, 2.75) is 64.0 Å². The second-order valence-electron chi connectivity index (χ2n) is 5.42. The number of rotatable bonds is 2. The van der Waals surface area contributed by atoms with E-state index in [2.05, 4.69) is 24.1 Å². The number of nitrogens with zero attached hydrogens (tertiary/aromatic N) is 1. The molecule has 0 spiro atoms. The molecule has 1 saturated heterocycles. The molecule has 0 aromatic rings. The lowest BCUT2D eigenvalue weighted by Gasteiger charge is -2.51. The van der Waals surface area contributed by atoms with Gasteiger partial charge in [0.2, 0.25) is 0 Å². The lowest BCUT2D eigenvalue weighted by Crippen LogP contribution is -2.55. The van der Waals surface area contributed by atoms with Crippen LogP contribution in [0.2, 0.25) is 0 Å². The van der Waals surface area contributed by atoms with Crippen molar-refractivity contribution in [2.24, 2.45) is 0 Å². The summed E-state index contributed by atoms with van der Waals surface area (Å²) in [5.74, 6) is 0. The maximum absolute atomic E-state index is 3.58. The number of hydrogen-bond donors (Lipinski definition) is 1. The Morgan fingerprint density at radius 1 is 1.27 bits per heavy atom. The Labute approximate surface area is 94.4 Å². The van der Waals surface area contributed by atoms with Gasteiger partial charge in [-0.3, -0.25) is 4.90 Å². The summed E-state index contributed by atoms with van der Waals surface area (Å²) in [7, 11) is 0. The van der Waals surface area contributed by atoms with Crippen molar-refractivity contribution in [3.8, 4) is 0 Å². The van der Waals surface area contributed by atoms with Crippen LogP contribution in [-0.4, -0.2) is 36.1 Å². The molecule has 1 heterocycles. The van der Waals surface area contributed by atoms with Crippen molar-refractivity contribution in [1.29, 1.82) is 0 Å². The van der Waals surface area contributed by atoms with E-state index in [0.717, 1.165) is 0 Å². The molecule has 0 aromatic heterocycles. The second-order valence-corrected chi connectivity index (χ2v) is 5.42. The van der Waals surface area contributed by atoms with Crippen LogP contribution in [-0.2, 0) is 0 Å². The summed E-state index contributed by atoms with van der Waals surface area (Å²) in [6.45, 7) is 8.52. The Morgan fingerprint density at radius 2 is 2.07 bits per heavy atom. The molecule has 0 bridgehead atoms. The van der Waals surface area contributed by atoms with Gasteiger partial charge >= 0.3 is 0 Å². The summed E-state index contributed by atoms with van der Waals surface area (Å²) in [4.78, 5) is 2.80. The normalized spacial score (nSPS) is 32.8. The second kappa shape index (κ2) is 4.84. The van der Waals surface area contributed by atoms with Gasteiger partial charge in [-0.2, -0.15) is 0 Å². The fraction of sp³-hybridized carbons (Fsp3) is 1.00. The minimum Gasteiger partial charge on any atom is -0.314 e. The van der Waals surface area contributed by atoms with Crippen molar-refractivity contribution in [3.63, 3.8) is 0 Å². The monoisotopic (exact) mass is 210 g/mol. The van der Waals surface area contributed by atoms with Crippen molar-refractivity contribution < 1.29 is 0 Å². The molecule has 1 atom stereocenters. The van der Waals surface area contributed by atoms with Gasteiger partial charge in [-0.1, -0.05) is 6.92 Å². The Hall–Kier alpha value is -0.0800. The molecule has 1 N–H and O–H groups in total. The van der Waals surface area contributed by atoms with Crippen LogP contribution in [0.5, 0.6) is 0 Å². The van der Waals surface area contributed by atoms with Crippen LogP contribution in [0.15, 0.2) is 0 Å². The fourth-order valence-corrected chi connectivity index (χ4v) is 3.13. The largest absolute Gasteiger partial charge is 0.314 e. The minimum atomic E-state index is 0.608. The highest BCUT2D eigenvalue weighted by Crippen LogP contribution is 2.40. The third-order valence-electron chi connectivity index (χ3n) is 4.54. The Bertz CT molecular complexity index is 193. The number of nitrogens with one attached hydrogen (secondary N) is 1. The van der Waals surface area contributed by atoms with E-state index in [1.807, 2.05) is 0 Å². The molecule has 2 fully saturated rings. The van der Waals surface area contributed by atoms with E-state index in [-0.39, 0.29) is 0 Å². The predicted octanol–water partition coefficient (Wildman–Crippen LogP) is 2.39. The van der Waals surface area contributed by atoms with E-state index in [1.54, 1.807) is 0 Å². The molecule has 2 heteroatoms. The average Bonchev–Trinajstić information content (AvgIpc) is 2.15. The topological polar surface area (TPSA) is 15.3 Å². The van der Waals surface area contributed by atoms with Gasteiger partial charge in [-0.15, -0.1) is 0 Å². The minimum absolute atomic E-state index is 0.608. The molecule has 15 heavy (non-hydrogen) atoms. The van der Waals surface area contributed by atoms with Crippen molar-refractivity contribution in [2.75, 3.05) is 19.6 Å². The zero-order valence-corrected chi connectivity index (χ0v) is 10.4. The molecule has 1 aliphatic heterocycles. The quantitative estimate of drug-likeness (QED) is 0.753. The first-order valence-electron chi connectivity index (χ1n) is 6.75. The van der Waals surface area contributed by atoms with E-state index >= 15 is 0 Å². The van der Waals surface area contributed by atoms with Gasteiger partial charge in [0, 0.05) is 18.1 Å². The van der Waals surface area contributed by atoms with Crippen LogP contribution in [0.3, 0.4) is 0 Å². The number of hydrogen-bond acceptors (Lipinski definition) is 2. The highest BCUT2D eigenvalue weighted by atomic mass is 15.2. The average molecular weight is 210 g/mol. The zero-order chi connectivity index (χ0) is 10.7. The van der Waals surface area contributed by atoms with Crippen molar-refractivity contribution >= 4 is 0 Å². The maximum Gasteiger partial charge on any atom is 0.0207 e. The molecule has 0 aromatic carbocycles. The summed E-state index contributed by atoms with van der Waals surface area (Å²) in [6.07, 6.45) is 8.36. The summed E-state index contributed by atoms with van der Waals surface area (Å²) >= 11 is 0. The molecule has 1 saturated carbocycles. The summed E-state index contributed by atoms with van der Waals surface area (Å²) in [6, 6.07) is 0.710. The molecule has 2 rings (SSSR count). The first-order valence-corrected chi connectivity index (χ1v) is 6.75. The molecule has 2 aliphatic rings. The summed E-state index contributed by atoms with van der Waals surface area (Å²) < 4.78 is 0. The first kappa shape index (κ1) is 11.4. The predicted molar refractivity (Wildman–Crippen MR) is 65.1 cm³/mol. The van der Waals surface area contributed by atoms with Gasteiger partial charge in [0.05, 0.1) is 0 Å². The van der Waals surface area contributed by atoms with Crippen LogP contribution in [0.4, 0.5) is 0 Å². The first-order chi connectivity index (χ1) is 7.27. The molecule has 0 amide bonds. The van der Waals surface area contributed by atoms with E-state index in [9.17, 15) is 0 Å². The van der Waals surface area contributed by atoms with Gasteiger partial charge in [-0.25, -0.2) is 0 Å². The maximum atomic E-state index is 3.58. The van der Waals surface area contributed by atoms with Crippen molar-refractivity contribution in [3.05, 3.63) is 0 Å². The van der Waals surface area contributed by atoms with Crippen LogP contribution >= 0.6 is 0 Å². The van der Waals surface area contributed by atoms with E-state index in [0.29, 0.717) is 11.6 Å². The standard InChI is InChI=1S/C13H26N2/c1-3-13(7-4-8-13)15-10-5-9-14-12(2)6-11-15/h12,14H,3-11H2,1-2H3. The van der Waals surface area contributed by atoms with Gasteiger partial charge in [-0.05, 0) is 58.5 Å². The lowest BCUT2D eigenvalue weighted by molar-refractivity contribution is 0.00550. The summed E-state index contributed by atoms with van der Waals surface area (Å²) in [5, 5.41) is 3.58. The fourth-order valence-electron chi connectivity index (χ4n) is 3.13. The molecule has 1 unspecified atom stereocenters.